The lowest BCUT2D eigenvalue weighted by Gasteiger charge is -2.17. The lowest BCUT2D eigenvalue weighted by atomic mass is 10.1. The maximum absolute atomic E-state index is 11.8. The number of ether oxygens (including phenoxy) is 1. The van der Waals surface area contributed by atoms with Gasteiger partial charge < -0.3 is 25.7 Å². The minimum Gasteiger partial charge on any atom is -0.464 e. The summed E-state index contributed by atoms with van der Waals surface area (Å²) in [6, 6.07) is 2.22. The largest absolute Gasteiger partial charge is 0.464 e. The van der Waals surface area contributed by atoms with E-state index in [2.05, 4.69) is 20.9 Å². The first-order valence-electron chi connectivity index (χ1n) is 7.15. The molecule has 0 saturated carbocycles. The number of aromatic nitrogens is 1. The first-order chi connectivity index (χ1) is 10.6. The van der Waals surface area contributed by atoms with Crippen molar-refractivity contribution in [3.63, 3.8) is 0 Å². The fraction of sp³-hybridized carbons (Fsp3) is 0.500. The van der Waals surface area contributed by atoms with Gasteiger partial charge in [-0.2, -0.15) is 0 Å². The highest BCUT2D eigenvalue weighted by Gasteiger charge is 2.21. The van der Waals surface area contributed by atoms with Gasteiger partial charge in [0.05, 0.1) is 6.61 Å². The van der Waals surface area contributed by atoms with Crippen molar-refractivity contribution in [2.24, 2.45) is 0 Å². The molecule has 3 amide bonds. The highest BCUT2D eigenvalue weighted by Crippen LogP contribution is 2.01. The molecule has 0 aliphatic heterocycles. The van der Waals surface area contributed by atoms with Crippen LogP contribution in [0, 0.1) is 0 Å². The first-order valence-corrected chi connectivity index (χ1v) is 7.15. The van der Waals surface area contributed by atoms with Crippen LogP contribution >= 0.6 is 0 Å². The zero-order valence-electron chi connectivity index (χ0n) is 12.8. The summed E-state index contributed by atoms with van der Waals surface area (Å²) < 4.78 is 4.91. The molecule has 0 saturated heterocycles. The third kappa shape index (κ3) is 5.86. The predicted octanol–water partition coefficient (Wildman–Crippen LogP) is 0.385. The summed E-state index contributed by atoms with van der Waals surface area (Å²) in [5.74, 6) is -0.696. The Balaban J connectivity index is 2.37. The molecule has 0 spiro atoms. The molecule has 0 radical (unpaired) electrons. The summed E-state index contributed by atoms with van der Waals surface area (Å²) in [4.78, 5) is 37.6. The van der Waals surface area contributed by atoms with Crippen LogP contribution in [-0.4, -0.2) is 49.1 Å². The average Bonchev–Trinajstić information content (AvgIpc) is 3.04. The van der Waals surface area contributed by atoms with Gasteiger partial charge in [0, 0.05) is 19.8 Å². The van der Waals surface area contributed by atoms with Gasteiger partial charge in [-0.05, 0) is 31.9 Å². The molecule has 8 heteroatoms. The number of H-pyrrole nitrogens is 1. The second-order valence-corrected chi connectivity index (χ2v) is 4.51. The number of nitrogens with one attached hydrogen (secondary N) is 4. The van der Waals surface area contributed by atoms with Crippen molar-refractivity contribution >= 4 is 17.9 Å². The molecule has 0 aliphatic carbocycles. The normalized spacial score (nSPS) is 11.4. The Kier molecular flexibility index (Phi) is 7.52. The summed E-state index contributed by atoms with van der Waals surface area (Å²) in [5, 5.41) is 7.64. The number of carbonyl (C=O) groups excluding carboxylic acids is 3. The van der Waals surface area contributed by atoms with Gasteiger partial charge in [0.1, 0.15) is 11.7 Å². The fourth-order valence-corrected chi connectivity index (χ4v) is 1.80. The summed E-state index contributed by atoms with van der Waals surface area (Å²) in [5.41, 5.74) is 0.477. The zero-order valence-corrected chi connectivity index (χ0v) is 12.8. The summed E-state index contributed by atoms with van der Waals surface area (Å²) in [6.45, 7) is 2.34. The number of esters is 1. The van der Waals surface area contributed by atoms with Crippen LogP contribution in [0.3, 0.4) is 0 Å². The van der Waals surface area contributed by atoms with Gasteiger partial charge in [0.15, 0.2) is 0 Å². The Morgan fingerprint density at radius 1 is 1.36 bits per heavy atom. The fourth-order valence-electron chi connectivity index (χ4n) is 1.80. The monoisotopic (exact) mass is 310 g/mol. The third-order valence-electron chi connectivity index (χ3n) is 2.90. The molecular weight excluding hydrogens is 288 g/mol. The molecule has 0 bridgehead atoms. The quantitative estimate of drug-likeness (QED) is 0.411. The van der Waals surface area contributed by atoms with Crippen molar-refractivity contribution in [2.45, 2.75) is 25.8 Å². The van der Waals surface area contributed by atoms with E-state index in [1.807, 2.05) is 0 Å². The molecule has 1 atom stereocenters. The van der Waals surface area contributed by atoms with Gasteiger partial charge in [-0.15, -0.1) is 0 Å². The number of amides is 3. The Morgan fingerprint density at radius 3 is 2.73 bits per heavy atom. The van der Waals surface area contributed by atoms with Crippen molar-refractivity contribution in [3.8, 4) is 0 Å². The SMILES string of the molecule is CCOC(=O)C(CCCNC(=O)c1ccc[nH]1)NC(=O)NC. The number of carbonyl (C=O) groups is 3. The average molecular weight is 310 g/mol. The predicted molar refractivity (Wildman–Crippen MR) is 80.4 cm³/mol. The smallest absolute Gasteiger partial charge is 0.328 e. The third-order valence-corrected chi connectivity index (χ3v) is 2.90. The zero-order chi connectivity index (χ0) is 16.4. The van der Waals surface area contributed by atoms with E-state index in [9.17, 15) is 14.4 Å². The highest BCUT2D eigenvalue weighted by molar-refractivity contribution is 5.92. The number of aromatic amines is 1. The molecule has 1 heterocycles. The van der Waals surface area contributed by atoms with Crippen molar-refractivity contribution in [2.75, 3.05) is 20.2 Å². The van der Waals surface area contributed by atoms with Crippen LogP contribution in [-0.2, 0) is 9.53 Å². The molecule has 1 rings (SSSR count). The van der Waals surface area contributed by atoms with Crippen LogP contribution in [0.2, 0.25) is 0 Å². The van der Waals surface area contributed by atoms with Gasteiger partial charge in [-0.1, -0.05) is 0 Å². The standard InChI is InChI=1S/C14H22N4O4/c1-3-22-13(20)11(18-14(21)15-2)7-5-9-17-12(19)10-6-4-8-16-10/h4,6,8,11,16H,3,5,7,9H2,1-2H3,(H,17,19)(H2,15,18,21). The van der Waals surface area contributed by atoms with Gasteiger partial charge in [-0.25, -0.2) is 9.59 Å². The van der Waals surface area contributed by atoms with Gasteiger partial charge in [0.2, 0.25) is 0 Å². The second-order valence-electron chi connectivity index (χ2n) is 4.51. The molecule has 1 unspecified atom stereocenters. The van der Waals surface area contributed by atoms with Crippen molar-refractivity contribution in [1.29, 1.82) is 0 Å². The molecule has 22 heavy (non-hydrogen) atoms. The molecule has 0 fully saturated rings. The Morgan fingerprint density at radius 2 is 2.14 bits per heavy atom. The van der Waals surface area contributed by atoms with E-state index in [0.29, 0.717) is 25.1 Å². The van der Waals surface area contributed by atoms with Crippen molar-refractivity contribution < 1.29 is 19.1 Å². The van der Waals surface area contributed by atoms with Gasteiger partial charge >= 0.3 is 12.0 Å². The maximum Gasteiger partial charge on any atom is 0.328 e. The van der Waals surface area contributed by atoms with Crippen molar-refractivity contribution in [3.05, 3.63) is 24.0 Å². The molecule has 0 aliphatic rings. The number of rotatable bonds is 8. The topological polar surface area (TPSA) is 112 Å². The van der Waals surface area contributed by atoms with Crippen LogP contribution in [0.5, 0.6) is 0 Å². The second kappa shape index (κ2) is 9.43. The Labute approximate surface area is 129 Å². The van der Waals surface area contributed by atoms with Gasteiger partial charge in [0.25, 0.3) is 5.91 Å². The molecular formula is C14H22N4O4. The minimum absolute atomic E-state index is 0.211. The van der Waals surface area contributed by atoms with Crippen LogP contribution in [0.1, 0.15) is 30.3 Å². The van der Waals surface area contributed by atoms with E-state index < -0.39 is 18.0 Å². The van der Waals surface area contributed by atoms with Crippen LogP contribution in [0.15, 0.2) is 18.3 Å². The Hall–Kier alpha value is -2.51. The summed E-state index contributed by atoms with van der Waals surface area (Å²) in [7, 11) is 1.47. The van der Waals surface area contributed by atoms with E-state index in [-0.39, 0.29) is 12.5 Å². The van der Waals surface area contributed by atoms with Crippen molar-refractivity contribution in [1.82, 2.24) is 20.9 Å². The first kappa shape index (κ1) is 17.5. The Bertz CT molecular complexity index is 487. The lowest BCUT2D eigenvalue weighted by molar-refractivity contribution is -0.145. The molecule has 8 nitrogen and oxygen atoms in total. The molecule has 122 valence electrons. The van der Waals surface area contributed by atoms with E-state index in [1.54, 1.807) is 25.3 Å². The van der Waals surface area contributed by atoms with Crippen LogP contribution in [0.4, 0.5) is 4.79 Å². The van der Waals surface area contributed by atoms with E-state index in [1.165, 1.54) is 7.05 Å². The molecule has 1 aromatic rings. The lowest BCUT2D eigenvalue weighted by Crippen LogP contribution is -2.46. The summed E-state index contributed by atoms with van der Waals surface area (Å²) in [6.07, 6.45) is 2.57. The number of hydrogen-bond donors (Lipinski definition) is 4. The number of hydrogen-bond acceptors (Lipinski definition) is 4. The van der Waals surface area contributed by atoms with Gasteiger partial charge in [-0.3, -0.25) is 4.79 Å². The minimum atomic E-state index is -0.734. The maximum atomic E-state index is 11.8. The highest BCUT2D eigenvalue weighted by atomic mass is 16.5. The van der Waals surface area contributed by atoms with Crippen LogP contribution in [0.25, 0.3) is 0 Å². The van der Waals surface area contributed by atoms with E-state index >= 15 is 0 Å². The van der Waals surface area contributed by atoms with Crippen LogP contribution < -0.4 is 16.0 Å². The molecule has 1 aromatic heterocycles. The van der Waals surface area contributed by atoms with E-state index in [4.69, 9.17) is 4.74 Å². The summed E-state index contributed by atoms with van der Waals surface area (Å²) >= 11 is 0. The van der Waals surface area contributed by atoms with E-state index in [0.717, 1.165) is 0 Å². The molecule has 4 N–H and O–H groups in total. The number of urea groups is 1. The molecule has 0 aromatic carbocycles.